The zero-order valence-electron chi connectivity index (χ0n) is 10.9. The zero-order chi connectivity index (χ0) is 14.9. The molecule has 0 aliphatic heterocycles. The number of sulfonamides is 1. The first-order valence-electron chi connectivity index (χ1n) is 5.82. The Morgan fingerprint density at radius 1 is 1.05 bits per heavy atom. The quantitative estimate of drug-likeness (QED) is 0.767. The summed E-state index contributed by atoms with van der Waals surface area (Å²) < 4.78 is 28.7. The van der Waals surface area contributed by atoms with Crippen molar-refractivity contribution in [3.8, 4) is 0 Å². The van der Waals surface area contributed by atoms with Gasteiger partial charge in [0, 0.05) is 16.1 Å². The van der Waals surface area contributed by atoms with E-state index in [9.17, 15) is 13.2 Å². The summed E-state index contributed by atoms with van der Waals surface area (Å²) in [7, 11) is -3.79. The SMILES string of the molecule is CC1=C(C)C(=NS(=O)(=O)c2ccccc2)C(Br)=CC1=O. The van der Waals surface area contributed by atoms with E-state index in [1.807, 2.05) is 0 Å². The summed E-state index contributed by atoms with van der Waals surface area (Å²) in [6, 6.07) is 7.97. The standard InChI is InChI=1S/C14H12BrNO3S/c1-9-10(2)14(12(15)8-13(9)17)16-20(18,19)11-6-4-3-5-7-11/h3-8H,1-2H3. The Morgan fingerprint density at radius 3 is 2.25 bits per heavy atom. The van der Waals surface area contributed by atoms with Crippen LogP contribution < -0.4 is 0 Å². The van der Waals surface area contributed by atoms with Gasteiger partial charge in [0.25, 0.3) is 10.0 Å². The molecule has 0 heterocycles. The molecule has 0 atom stereocenters. The van der Waals surface area contributed by atoms with Crippen molar-refractivity contribution in [1.82, 2.24) is 0 Å². The predicted molar refractivity (Wildman–Crippen MR) is 81.5 cm³/mol. The fraction of sp³-hybridized carbons (Fsp3) is 0.143. The van der Waals surface area contributed by atoms with Crippen LogP contribution in [0.25, 0.3) is 0 Å². The molecule has 0 radical (unpaired) electrons. The van der Waals surface area contributed by atoms with Gasteiger partial charge in [0.1, 0.15) is 0 Å². The number of allylic oxidation sites excluding steroid dienone is 4. The van der Waals surface area contributed by atoms with E-state index in [1.165, 1.54) is 18.2 Å². The molecule has 0 saturated heterocycles. The van der Waals surface area contributed by atoms with Crippen molar-refractivity contribution >= 4 is 37.4 Å². The lowest BCUT2D eigenvalue weighted by Crippen LogP contribution is -2.16. The average molecular weight is 354 g/mol. The molecule has 0 spiro atoms. The van der Waals surface area contributed by atoms with Crippen molar-refractivity contribution in [1.29, 1.82) is 0 Å². The fourth-order valence-electron chi connectivity index (χ4n) is 1.71. The van der Waals surface area contributed by atoms with Crippen LogP contribution in [0.3, 0.4) is 0 Å². The van der Waals surface area contributed by atoms with Gasteiger partial charge in [0.15, 0.2) is 5.78 Å². The molecule has 0 amide bonds. The topological polar surface area (TPSA) is 63.6 Å². The van der Waals surface area contributed by atoms with E-state index in [1.54, 1.807) is 32.0 Å². The molecule has 0 fully saturated rings. The Kier molecular flexibility index (Phi) is 4.06. The molecule has 0 unspecified atom stereocenters. The molecular weight excluding hydrogens is 342 g/mol. The van der Waals surface area contributed by atoms with Gasteiger partial charge in [-0.2, -0.15) is 12.8 Å². The molecule has 1 aliphatic carbocycles. The number of hydrogen-bond donors (Lipinski definition) is 0. The number of rotatable bonds is 2. The van der Waals surface area contributed by atoms with Crippen LogP contribution in [-0.4, -0.2) is 19.9 Å². The van der Waals surface area contributed by atoms with Gasteiger partial charge in [-0.25, -0.2) is 0 Å². The second-order valence-electron chi connectivity index (χ2n) is 4.33. The molecular formula is C14H12BrNO3S. The lowest BCUT2D eigenvalue weighted by molar-refractivity contribution is -0.111. The number of nitrogens with zero attached hydrogens (tertiary/aromatic N) is 1. The van der Waals surface area contributed by atoms with Gasteiger partial charge in [-0.05, 0) is 47.5 Å². The van der Waals surface area contributed by atoms with Crippen LogP contribution >= 0.6 is 15.9 Å². The normalized spacial score (nSPS) is 18.4. The Morgan fingerprint density at radius 2 is 1.65 bits per heavy atom. The molecule has 20 heavy (non-hydrogen) atoms. The molecule has 0 saturated carbocycles. The lowest BCUT2D eigenvalue weighted by Gasteiger charge is -2.14. The van der Waals surface area contributed by atoms with Gasteiger partial charge in [0.05, 0.1) is 10.6 Å². The van der Waals surface area contributed by atoms with Crippen molar-refractivity contribution in [3.63, 3.8) is 0 Å². The highest BCUT2D eigenvalue weighted by molar-refractivity contribution is 9.12. The summed E-state index contributed by atoms with van der Waals surface area (Å²) in [6.45, 7) is 3.33. The van der Waals surface area contributed by atoms with Crippen LogP contribution in [0.5, 0.6) is 0 Å². The first kappa shape index (κ1) is 14.9. The third kappa shape index (κ3) is 2.81. The maximum atomic E-state index is 12.2. The third-order valence-electron chi connectivity index (χ3n) is 3.02. The van der Waals surface area contributed by atoms with Crippen molar-refractivity contribution in [3.05, 3.63) is 52.0 Å². The van der Waals surface area contributed by atoms with Crippen LogP contribution in [0.4, 0.5) is 0 Å². The van der Waals surface area contributed by atoms with E-state index < -0.39 is 10.0 Å². The molecule has 0 bridgehead atoms. The number of carbonyl (C=O) groups excluding carboxylic acids is 1. The lowest BCUT2D eigenvalue weighted by atomic mass is 9.97. The van der Waals surface area contributed by atoms with Crippen molar-refractivity contribution < 1.29 is 13.2 Å². The largest absolute Gasteiger partial charge is 0.290 e. The van der Waals surface area contributed by atoms with E-state index >= 15 is 0 Å². The van der Waals surface area contributed by atoms with Gasteiger partial charge in [-0.15, -0.1) is 0 Å². The molecule has 1 aliphatic rings. The molecule has 1 aromatic rings. The number of ketones is 1. The van der Waals surface area contributed by atoms with Gasteiger partial charge in [0.2, 0.25) is 0 Å². The van der Waals surface area contributed by atoms with Crippen LogP contribution in [-0.2, 0) is 14.8 Å². The first-order chi connectivity index (χ1) is 9.33. The molecule has 2 rings (SSSR count). The number of hydrogen-bond acceptors (Lipinski definition) is 3. The maximum absolute atomic E-state index is 12.2. The fourth-order valence-corrected chi connectivity index (χ4v) is 3.50. The second kappa shape index (κ2) is 5.46. The highest BCUT2D eigenvalue weighted by Gasteiger charge is 2.23. The minimum atomic E-state index is -3.79. The van der Waals surface area contributed by atoms with Crippen molar-refractivity contribution in [2.75, 3.05) is 0 Å². The predicted octanol–water partition coefficient (Wildman–Crippen LogP) is 3.01. The number of halogens is 1. The number of benzene rings is 1. The summed E-state index contributed by atoms with van der Waals surface area (Å²) in [6.07, 6.45) is 1.34. The second-order valence-corrected chi connectivity index (χ2v) is 6.79. The summed E-state index contributed by atoms with van der Waals surface area (Å²) in [5, 5.41) is 0. The minimum Gasteiger partial charge on any atom is -0.290 e. The molecule has 1 aromatic carbocycles. The van der Waals surface area contributed by atoms with Gasteiger partial charge >= 0.3 is 0 Å². The van der Waals surface area contributed by atoms with E-state index in [2.05, 4.69) is 20.3 Å². The van der Waals surface area contributed by atoms with E-state index in [4.69, 9.17) is 0 Å². The third-order valence-corrected chi connectivity index (χ3v) is 4.92. The van der Waals surface area contributed by atoms with Crippen molar-refractivity contribution in [2.45, 2.75) is 18.7 Å². The van der Waals surface area contributed by atoms with Gasteiger partial charge in [-0.1, -0.05) is 18.2 Å². The molecule has 0 N–H and O–H groups in total. The monoisotopic (exact) mass is 353 g/mol. The Balaban J connectivity index is 2.56. The smallest absolute Gasteiger partial charge is 0.282 e. The van der Waals surface area contributed by atoms with E-state index in [0.29, 0.717) is 15.6 Å². The Bertz CT molecular complexity index is 759. The zero-order valence-corrected chi connectivity index (χ0v) is 13.3. The summed E-state index contributed by atoms with van der Waals surface area (Å²) in [5.41, 5.74) is 1.32. The van der Waals surface area contributed by atoms with Crippen LogP contribution in [0, 0.1) is 0 Å². The summed E-state index contributed by atoms with van der Waals surface area (Å²) >= 11 is 3.20. The van der Waals surface area contributed by atoms with Gasteiger partial charge in [-0.3, -0.25) is 4.79 Å². The summed E-state index contributed by atoms with van der Waals surface area (Å²) in [5.74, 6) is -0.148. The van der Waals surface area contributed by atoms with E-state index in [-0.39, 0.29) is 16.4 Å². The Labute approximate surface area is 126 Å². The molecule has 6 heteroatoms. The minimum absolute atomic E-state index is 0.121. The number of carbonyl (C=O) groups is 1. The van der Waals surface area contributed by atoms with Crippen molar-refractivity contribution in [2.24, 2.45) is 4.40 Å². The van der Waals surface area contributed by atoms with Crippen LogP contribution in [0.2, 0.25) is 0 Å². The first-order valence-corrected chi connectivity index (χ1v) is 8.06. The highest BCUT2D eigenvalue weighted by atomic mass is 79.9. The van der Waals surface area contributed by atoms with Crippen LogP contribution in [0.1, 0.15) is 13.8 Å². The van der Waals surface area contributed by atoms with Gasteiger partial charge < -0.3 is 0 Å². The molecule has 0 aromatic heterocycles. The van der Waals surface area contributed by atoms with E-state index in [0.717, 1.165) is 0 Å². The highest BCUT2D eigenvalue weighted by Crippen LogP contribution is 2.25. The van der Waals surface area contributed by atoms with Crippen LogP contribution in [0.15, 0.2) is 61.3 Å². The molecule has 4 nitrogen and oxygen atoms in total. The molecule has 104 valence electrons. The summed E-state index contributed by atoms with van der Waals surface area (Å²) in [4.78, 5) is 11.7. The average Bonchev–Trinajstić information content (AvgIpc) is 2.42. The maximum Gasteiger partial charge on any atom is 0.282 e. The Hall–Kier alpha value is -1.53.